The smallest absolute Gasteiger partial charge is 0.312 e. The first kappa shape index (κ1) is 9.81. The van der Waals surface area contributed by atoms with E-state index in [1.165, 1.54) is 25.7 Å². The summed E-state index contributed by atoms with van der Waals surface area (Å²) in [4.78, 5) is 10.9. The van der Waals surface area contributed by atoms with E-state index < -0.39 is 0 Å². The lowest BCUT2D eigenvalue weighted by Crippen LogP contribution is -2.59. The molecule has 3 rings (SSSR count). The van der Waals surface area contributed by atoms with E-state index in [4.69, 9.17) is 5.73 Å². The Kier molecular flexibility index (Phi) is 2.20. The Morgan fingerprint density at radius 1 is 1.29 bits per heavy atom. The fraction of sp³-hybridized carbons (Fsp3) is 0.909. The molecule has 80 valence electrons. The highest BCUT2D eigenvalue weighted by molar-refractivity contribution is 5.72. The molecule has 2 bridgehead atoms. The van der Waals surface area contributed by atoms with Crippen LogP contribution in [0.1, 0.15) is 39.5 Å². The summed E-state index contributed by atoms with van der Waals surface area (Å²) < 4.78 is 0. The minimum Gasteiger partial charge on any atom is -0.352 e. The minimum absolute atomic E-state index is 0.232. The van der Waals surface area contributed by atoms with Crippen molar-refractivity contribution in [3.8, 4) is 0 Å². The number of hydrogen-bond donors (Lipinski definition) is 2. The van der Waals surface area contributed by atoms with Crippen molar-refractivity contribution in [3.05, 3.63) is 0 Å². The number of fused-ring (bicyclic) bond motifs is 3. The minimum atomic E-state index is -0.365. The van der Waals surface area contributed by atoms with Gasteiger partial charge in [-0.2, -0.15) is 0 Å². The molecule has 3 aliphatic carbocycles. The monoisotopic (exact) mass is 196 g/mol. The quantitative estimate of drug-likeness (QED) is 0.661. The first-order valence-electron chi connectivity index (χ1n) is 5.58. The normalized spacial score (nSPS) is 39.4. The largest absolute Gasteiger partial charge is 0.352 e. The van der Waals surface area contributed by atoms with Gasteiger partial charge in [0, 0.05) is 6.04 Å². The molecule has 0 aromatic carbocycles. The molecule has 0 spiro atoms. The lowest BCUT2D eigenvalue weighted by Gasteiger charge is -2.54. The van der Waals surface area contributed by atoms with Crippen molar-refractivity contribution in [3.63, 3.8) is 0 Å². The molecule has 0 saturated heterocycles. The van der Waals surface area contributed by atoms with Crippen LogP contribution in [0.4, 0.5) is 4.79 Å². The van der Waals surface area contributed by atoms with E-state index in [0.717, 1.165) is 5.92 Å². The van der Waals surface area contributed by atoms with Crippen LogP contribution >= 0.6 is 0 Å². The second-order valence-corrected chi connectivity index (χ2v) is 5.42. The second kappa shape index (κ2) is 3.14. The van der Waals surface area contributed by atoms with E-state index in [1.807, 2.05) is 0 Å². The first-order valence-corrected chi connectivity index (χ1v) is 5.58. The number of primary amides is 1. The summed E-state index contributed by atoms with van der Waals surface area (Å²) in [6.07, 6.45) is 5.18. The Morgan fingerprint density at radius 3 is 2.29 bits per heavy atom. The standard InChI is InChI=1S/C11H20N2O/c1-11(2)8-5-3-7(4-6-8)9(11)13-10(12)14/h7-9H,3-6H2,1-2H3,(H3,12,13,14)/t7?,8?,9-/m1/s1. The number of hydrogen-bond acceptors (Lipinski definition) is 1. The number of carbonyl (C=O) groups is 1. The molecule has 3 heteroatoms. The highest BCUT2D eigenvalue weighted by atomic mass is 16.2. The maximum atomic E-state index is 10.9. The van der Waals surface area contributed by atoms with Crippen molar-refractivity contribution in [1.29, 1.82) is 0 Å². The Hall–Kier alpha value is -0.730. The molecule has 0 aliphatic heterocycles. The molecular formula is C11H20N2O. The van der Waals surface area contributed by atoms with Crippen LogP contribution in [0, 0.1) is 17.3 Å². The zero-order valence-electron chi connectivity index (χ0n) is 9.05. The third-order valence-corrected chi connectivity index (χ3v) is 4.39. The topological polar surface area (TPSA) is 55.1 Å². The maximum Gasteiger partial charge on any atom is 0.312 e. The number of carbonyl (C=O) groups excluding carboxylic acids is 1. The molecular weight excluding hydrogens is 176 g/mol. The average molecular weight is 196 g/mol. The summed E-state index contributed by atoms with van der Waals surface area (Å²) >= 11 is 0. The third kappa shape index (κ3) is 1.39. The van der Waals surface area contributed by atoms with Gasteiger partial charge >= 0.3 is 6.03 Å². The van der Waals surface area contributed by atoms with Crippen molar-refractivity contribution in [1.82, 2.24) is 5.32 Å². The highest BCUT2D eigenvalue weighted by Gasteiger charge is 2.49. The second-order valence-electron chi connectivity index (χ2n) is 5.42. The molecule has 0 aromatic rings. The van der Waals surface area contributed by atoms with Crippen molar-refractivity contribution in [2.45, 2.75) is 45.6 Å². The van der Waals surface area contributed by atoms with Crippen LogP contribution in [-0.2, 0) is 0 Å². The van der Waals surface area contributed by atoms with Gasteiger partial charge in [0.25, 0.3) is 0 Å². The van der Waals surface area contributed by atoms with E-state index in [1.54, 1.807) is 0 Å². The molecule has 3 aliphatic rings. The summed E-state index contributed by atoms with van der Waals surface area (Å²) in [6.45, 7) is 4.53. The maximum absolute atomic E-state index is 10.9. The van der Waals surface area contributed by atoms with Crippen LogP contribution in [-0.4, -0.2) is 12.1 Å². The third-order valence-electron chi connectivity index (χ3n) is 4.39. The van der Waals surface area contributed by atoms with Crippen LogP contribution in [0.5, 0.6) is 0 Å². The molecule has 3 fully saturated rings. The van der Waals surface area contributed by atoms with Crippen LogP contribution in [0.2, 0.25) is 0 Å². The summed E-state index contributed by atoms with van der Waals surface area (Å²) in [5.74, 6) is 1.42. The van der Waals surface area contributed by atoms with Gasteiger partial charge < -0.3 is 11.1 Å². The Morgan fingerprint density at radius 2 is 1.86 bits per heavy atom. The Labute approximate surface area is 85.4 Å². The average Bonchev–Trinajstić information content (AvgIpc) is 2.12. The van der Waals surface area contributed by atoms with Gasteiger partial charge in [0.1, 0.15) is 0 Å². The molecule has 3 nitrogen and oxygen atoms in total. The first-order chi connectivity index (χ1) is 6.51. The number of urea groups is 1. The van der Waals surface area contributed by atoms with Gasteiger partial charge in [-0.15, -0.1) is 0 Å². The van der Waals surface area contributed by atoms with Crippen LogP contribution in [0.15, 0.2) is 0 Å². The molecule has 2 amide bonds. The number of nitrogens with two attached hydrogens (primary N) is 1. The van der Waals surface area contributed by atoms with E-state index in [9.17, 15) is 4.79 Å². The van der Waals surface area contributed by atoms with E-state index in [2.05, 4.69) is 19.2 Å². The Bertz CT molecular complexity index is 242. The lowest BCUT2D eigenvalue weighted by atomic mass is 9.54. The van der Waals surface area contributed by atoms with E-state index in [0.29, 0.717) is 12.0 Å². The van der Waals surface area contributed by atoms with Crippen LogP contribution in [0.3, 0.4) is 0 Å². The van der Waals surface area contributed by atoms with Gasteiger partial charge in [-0.3, -0.25) is 0 Å². The molecule has 1 atom stereocenters. The van der Waals surface area contributed by atoms with E-state index >= 15 is 0 Å². The van der Waals surface area contributed by atoms with Crippen molar-refractivity contribution >= 4 is 6.03 Å². The molecule has 0 heterocycles. The molecule has 0 unspecified atom stereocenters. The molecule has 14 heavy (non-hydrogen) atoms. The molecule has 0 aromatic heterocycles. The fourth-order valence-corrected chi connectivity index (χ4v) is 3.52. The zero-order chi connectivity index (χ0) is 10.3. The molecule has 0 radical (unpaired) electrons. The lowest BCUT2D eigenvalue weighted by molar-refractivity contribution is -0.00732. The number of rotatable bonds is 1. The van der Waals surface area contributed by atoms with Gasteiger partial charge in [0.05, 0.1) is 0 Å². The zero-order valence-corrected chi connectivity index (χ0v) is 9.05. The summed E-state index contributed by atoms with van der Waals surface area (Å²) in [6, 6.07) is -0.0666. The highest BCUT2D eigenvalue weighted by Crippen LogP contribution is 2.52. The molecule has 3 saturated carbocycles. The van der Waals surface area contributed by atoms with Gasteiger partial charge in [0.15, 0.2) is 0 Å². The van der Waals surface area contributed by atoms with Crippen LogP contribution in [0.25, 0.3) is 0 Å². The van der Waals surface area contributed by atoms with E-state index in [-0.39, 0.29) is 11.4 Å². The predicted molar refractivity (Wildman–Crippen MR) is 55.7 cm³/mol. The molecule has 3 N–H and O–H groups in total. The number of amides is 2. The summed E-state index contributed by atoms with van der Waals surface area (Å²) in [5.41, 5.74) is 5.46. The van der Waals surface area contributed by atoms with Gasteiger partial charge in [-0.1, -0.05) is 13.8 Å². The predicted octanol–water partition coefficient (Wildman–Crippen LogP) is 1.87. The number of nitrogens with one attached hydrogen (secondary N) is 1. The Balaban J connectivity index is 2.17. The van der Waals surface area contributed by atoms with Crippen LogP contribution < -0.4 is 11.1 Å². The van der Waals surface area contributed by atoms with Crippen molar-refractivity contribution < 1.29 is 4.79 Å². The summed E-state index contributed by atoms with van der Waals surface area (Å²) in [5, 5.41) is 2.94. The van der Waals surface area contributed by atoms with Gasteiger partial charge in [-0.25, -0.2) is 4.79 Å². The van der Waals surface area contributed by atoms with Gasteiger partial charge in [-0.05, 0) is 42.9 Å². The SMILES string of the molecule is CC1(C)C2CCC(CC2)[C@H]1NC(N)=O. The fourth-order valence-electron chi connectivity index (χ4n) is 3.52. The van der Waals surface area contributed by atoms with Gasteiger partial charge in [0.2, 0.25) is 0 Å². The van der Waals surface area contributed by atoms with Crippen molar-refractivity contribution in [2.24, 2.45) is 23.0 Å². The van der Waals surface area contributed by atoms with Crippen molar-refractivity contribution in [2.75, 3.05) is 0 Å². The summed E-state index contributed by atoms with van der Waals surface area (Å²) in [7, 11) is 0.